The summed E-state index contributed by atoms with van der Waals surface area (Å²) >= 11 is 0. The maximum absolute atomic E-state index is 13.0. The third kappa shape index (κ3) is 4.54. The molecule has 1 aliphatic heterocycles. The number of likely N-dealkylation sites (tertiary alicyclic amines) is 1. The zero-order chi connectivity index (χ0) is 22.5. The van der Waals surface area contributed by atoms with Crippen molar-refractivity contribution in [2.45, 2.75) is 12.5 Å². The highest BCUT2D eigenvalue weighted by atomic mass is 16.5. The first kappa shape index (κ1) is 22.3. The molecule has 0 saturated carbocycles. The number of amides is 1. The monoisotopic (exact) mass is 425 g/mol. The van der Waals surface area contributed by atoms with E-state index in [1.54, 1.807) is 42.7 Å². The van der Waals surface area contributed by atoms with E-state index in [9.17, 15) is 14.7 Å². The molecule has 1 aromatic carbocycles. The Morgan fingerprint density at radius 3 is 2.52 bits per heavy atom. The van der Waals surface area contributed by atoms with Crippen LogP contribution in [0, 0.1) is 0 Å². The fourth-order valence-corrected chi connectivity index (χ4v) is 3.69. The van der Waals surface area contributed by atoms with Crippen LogP contribution in [-0.4, -0.2) is 73.0 Å². The number of methoxy groups -OCH3 is 2. The van der Waals surface area contributed by atoms with E-state index in [0.717, 1.165) is 6.54 Å². The van der Waals surface area contributed by atoms with Crippen LogP contribution < -0.4 is 9.47 Å². The van der Waals surface area contributed by atoms with Crippen molar-refractivity contribution in [3.05, 3.63) is 59.4 Å². The van der Waals surface area contributed by atoms with Gasteiger partial charge in [0.1, 0.15) is 5.76 Å². The number of aromatic nitrogens is 1. The molecule has 0 bridgehead atoms. The number of benzene rings is 1. The van der Waals surface area contributed by atoms with Gasteiger partial charge in [0.15, 0.2) is 11.5 Å². The Bertz CT molecular complexity index is 988. The van der Waals surface area contributed by atoms with Crippen molar-refractivity contribution in [2.24, 2.45) is 0 Å². The fourth-order valence-electron chi connectivity index (χ4n) is 3.69. The van der Waals surface area contributed by atoms with Gasteiger partial charge >= 0.3 is 0 Å². The lowest BCUT2D eigenvalue weighted by molar-refractivity contribution is -0.139. The molecule has 2 aromatic rings. The van der Waals surface area contributed by atoms with Gasteiger partial charge in [0.2, 0.25) is 0 Å². The number of hydrogen-bond donors (Lipinski definition) is 1. The Balaban J connectivity index is 2.09. The molecule has 0 spiro atoms. The van der Waals surface area contributed by atoms with Crippen molar-refractivity contribution in [2.75, 3.05) is 41.4 Å². The summed E-state index contributed by atoms with van der Waals surface area (Å²) in [5.74, 6) is -0.708. The molecule has 1 N–H and O–H groups in total. The summed E-state index contributed by atoms with van der Waals surface area (Å²) in [4.78, 5) is 33.5. The van der Waals surface area contributed by atoms with Gasteiger partial charge in [-0.25, -0.2) is 0 Å². The van der Waals surface area contributed by atoms with Crippen LogP contribution >= 0.6 is 0 Å². The van der Waals surface area contributed by atoms with E-state index in [1.807, 2.05) is 19.0 Å². The smallest absolute Gasteiger partial charge is 0.295 e. The van der Waals surface area contributed by atoms with Gasteiger partial charge in [0, 0.05) is 24.5 Å². The van der Waals surface area contributed by atoms with Crippen molar-refractivity contribution in [1.82, 2.24) is 14.8 Å². The minimum absolute atomic E-state index is 0.0371. The Hall–Kier alpha value is -3.39. The van der Waals surface area contributed by atoms with Crippen LogP contribution in [0.25, 0.3) is 5.76 Å². The standard InChI is InChI=1S/C23H27N3O5/c1-25(2)11-6-12-26-20(16-7-5-10-24-14-16)19(22(28)23(26)29)21(27)15-8-9-17(30-3)18(13-15)31-4/h5,7-10,13-14,20,27H,6,11-12H2,1-4H3/b21-19+/t20-/m1/s1. The second-order valence-electron chi connectivity index (χ2n) is 7.51. The van der Waals surface area contributed by atoms with Crippen molar-refractivity contribution in [1.29, 1.82) is 0 Å². The first-order valence-corrected chi connectivity index (χ1v) is 9.94. The topological polar surface area (TPSA) is 92.2 Å². The maximum Gasteiger partial charge on any atom is 0.295 e. The van der Waals surface area contributed by atoms with E-state index >= 15 is 0 Å². The SMILES string of the molecule is COc1ccc(/C(O)=C2\C(=O)C(=O)N(CCCN(C)C)[C@@H]2c2cccnc2)cc1OC. The first-order valence-electron chi connectivity index (χ1n) is 9.94. The third-order valence-corrected chi connectivity index (χ3v) is 5.20. The van der Waals surface area contributed by atoms with Gasteiger partial charge in [-0.1, -0.05) is 6.07 Å². The number of nitrogens with zero attached hydrogens (tertiary/aromatic N) is 3. The molecule has 8 heteroatoms. The summed E-state index contributed by atoms with van der Waals surface area (Å²) in [6.45, 7) is 1.14. The normalized spacial score (nSPS) is 18.0. The molecule has 1 aromatic heterocycles. The lowest BCUT2D eigenvalue weighted by atomic mass is 9.96. The Morgan fingerprint density at radius 1 is 1.16 bits per heavy atom. The molecule has 0 aliphatic carbocycles. The van der Waals surface area contributed by atoms with E-state index in [0.29, 0.717) is 35.6 Å². The number of carbonyl (C=O) groups is 2. The zero-order valence-corrected chi connectivity index (χ0v) is 18.2. The van der Waals surface area contributed by atoms with E-state index in [-0.39, 0.29) is 11.3 Å². The van der Waals surface area contributed by atoms with Gasteiger partial charge in [-0.2, -0.15) is 0 Å². The van der Waals surface area contributed by atoms with Crippen LogP contribution in [-0.2, 0) is 9.59 Å². The lowest BCUT2D eigenvalue weighted by Crippen LogP contribution is -2.32. The molecule has 1 aliphatic rings. The second-order valence-corrected chi connectivity index (χ2v) is 7.51. The van der Waals surface area contributed by atoms with Crippen molar-refractivity contribution < 1.29 is 24.2 Å². The summed E-state index contributed by atoms with van der Waals surface area (Å²) < 4.78 is 10.6. The molecule has 1 amide bonds. The number of aliphatic hydroxyl groups is 1. The number of carbonyl (C=O) groups excluding carboxylic acids is 2. The summed E-state index contributed by atoms with van der Waals surface area (Å²) in [5, 5.41) is 11.1. The molecule has 31 heavy (non-hydrogen) atoms. The Labute approximate surface area is 181 Å². The summed E-state index contributed by atoms with van der Waals surface area (Å²) in [7, 11) is 6.90. The number of Topliss-reactive ketones (excluding diaryl/α,β-unsaturated/α-hetero) is 1. The average molecular weight is 425 g/mol. The molecular weight excluding hydrogens is 398 g/mol. The van der Waals surface area contributed by atoms with E-state index in [1.165, 1.54) is 19.1 Å². The number of aliphatic hydroxyl groups excluding tert-OH is 1. The minimum Gasteiger partial charge on any atom is -0.507 e. The van der Waals surface area contributed by atoms with E-state index in [4.69, 9.17) is 9.47 Å². The molecule has 3 rings (SSSR count). The van der Waals surface area contributed by atoms with Crippen LogP contribution in [0.4, 0.5) is 0 Å². The molecule has 1 atom stereocenters. The summed E-state index contributed by atoms with van der Waals surface area (Å²) in [6.07, 6.45) is 3.92. The van der Waals surface area contributed by atoms with Crippen LogP contribution in [0.5, 0.6) is 11.5 Å². The molecule has 164 valence electrons. The van der Waals surface area contributed by atoms with Crippen LogP contribution in [0.2, 0.25) is 0 Å². The van der Waals surface area contributed by atoms with Gasteiger partial charge in [0.25, 0.3) is 11.7 Å². The van der Waals surface area contributed by atoms with Crippen molar-refractivity contribution in [3.8, 4) is 11.5 Å². The highest BCUT2D eigenvalue weighted by molar-refractivity contribution is 6.46. The van der Waals surface area contributed by atoms with Gasteiger partial charge in [-0.15, -0.1) is 0 Å². The van der Waals surface area contributed by atoms with Crippen LogP contribution in [0.1, 0.15) is 23.6 Å². The number of hydrogen-bond acceptors (Lipinski definition) is 7. The number of rotatable bonds is 8. The van der Waals surface area contributed by atoms with Crippen LogP contribution in [0.15, 0.2) is 48.3 Å². The molecule has 1 saturated heterocycles. The summed E-state index contributed by atoms with van der Waals surface area (Å²) in [6, 6.07) is 7.66. The fraction of sp³-hybridized carbons (Fsp3) is 0.348. The average Bonchev–Trinajstić information content (AvgIpc) is 3.03. The predicted molar refractivity (Wildman–Crippen MR) is 116 cm³/mol. The van der Waals surface area contributed by atoms with E-state index in [2.05, 4.69) is 4.98 Å². The Kier molecular flexibility index (Phi) is 6.91. The molecule has 0 unspecified atom stereocenters. The van der Waals surface area contributed by atoms with Gasteiger partial charge in [-0.05, 0) is 56.9 Å². The molecule has 0 radical (unpaired) electrons. The molecule has 2 heterocycles. The molecular formula is C23H27N3O5. The third-order valence-electron chi connectivity index (χ3n) is 5.20. The van der Waals surface area contributed by atoms with E-state index < -0.39 is 17.7 Å². The minimum atomic E-state index is -0.719. The summed E-state index contributed by atoms with van der Waals surface area (Å²) in [5.41, 5.74) is 1.06. The molecule has 1 fully saturated rings. The van der Waals surface area contributed by atoms with Crippen molar-refractivity contribution in [3.63, 3.8) is 0 Å². The van der Waals surface area contributed by atoms with Gasteiger partial charge in [-0.3, -0.25) is 14.6 Å². The maximum atomic E-state index is 13.0. The highest BCUT2D eigenvalue weighted by Crippen LogP contribution is 2.40. The highest BCUT2D eigenvalue weighted by Gasteiger charge is 2.45. The number of ether oxygens (including phenoxy) is 2. The predicted octanol–water partition coefficient (Wildman–Crippen LogP) is 2.47. The lowest BCUT2D eigenvalue weighted by Gasteiger charge is -2.25. The van der Waals surface area contributed by atoms with Gasteiger partial charge in [0.05, 0.1) is 25.8 Å². The largest absolute Gasteiger partial charge is 0.507 e. The Morgan fingerprint density at radius 2 is 1.90 bits per heavy atom. The number of ketones is 1. The second kappa shape index (κ2) is 9.61. The van der Waals surface area contributed by atoms with Gasteiger partial charge < -0.3 is 24.4 Å². The number of pyridine rings is 1. The van der Waals surface area contributed by atoms with Crippen LogP contribution in [0.3, 0.4) is 0 Å². The quantitative estimate of drug-likeness (QED) is 0.395. The molecule has 8 nitrogen and oxygen atoms in total. The first-order chi connectivity index (χ1) is 14.9. The zero-order valence-electron chi connectivity index (χ0n) is 18.2. The van der Waals surface area contributed by atoms with Crippen molar-refractivity contribution >= 4 is 17.4 Å².